The van der Waals surface area contributed by atoms with Crippen LogP contribution in [0, 0.1) is 20.2 Å². The molecule has 0 aliphatic carbocycles. The van der Waals surface area contributed by atoms with Crippen molar-refractivity contribution in [3.8, 4) is 0 Å². The number of hydrogen-bond acceptors (Lipinski definition) is 5. The Morgan fingerprint density at radius 3 is 2.21 bits per heavy atom. The van der Waals surface area contributed by atoms with Crippen LogP contribution in [0.15, 0.2) is 0 Å². The second-order valence-corrected chi connectivity index (χ2v) is 6.90. The van der Waals surface area contributed by atoms with Crippen LogP contribution in [0.3, 0.4) is 0 Å². The Balaban J connectivity index is 4.40. The molecule has 10 heteroatoms. The quantitative estimate of drug-likeness (QED) is 0.200. The van der Waals surface area contributed by atoms with E-state index in [0.29, 0.717) is 10.5 Å². The average molecular weight is 242 g/mol. The molecule has 0 fully saturated rings. The average Bonchev–Trinajstić information content (AvgIpc) is 2.12. The molecule has 0 radical (unpaired) electrons. The standard InChI is InChI=1S/C4H11FN2O5Si2/c1-14(12-13)3-2-4(5,6(8)9)7(10)11/h14H,2-3H2,1,13H3. The van der Waals surface area contributed by atoms with Crippen LogP contribution >= 0.6 is 0 Å². The summed E-state index contributed by atoms with van der Waals surface area (Å²) in [6.45, 7) is 1.72. The van der Waals surface area contributed by atoms with Gasteiger partial charge in [0.1, 0.15) is 26.8 Å². The van der Waals surface area contributed by atoms with Gasteiger partial charge in [0.25, 0.3) is 0 Å². The molecule has 0 saturated heterocycles. The SMILES string of the molecule is C[SiH](CCC(F)([N+](=O)[O-])[N+](=O)[O-])O[SiH3]. The zero-order valence-corrected chi connectivity index (χ0v) is 11.0. The molecule has 1 atom stereocenters. The lowest BCUT2D eigenvalue weighted by atomic mass is 10.3. The Bertz CT molecular complexity index is 226. The number of nitro groups is 2. The van der Waals surface area contributed by atoms with Crippen molar-refractivity contribution in [3.05, 3.63) is 20.2 Å². The molecule has 82 valence electrons. The molecule has 0 aromatic heterocycles. The first-order valence-corrected chi connectivity index (χ1v) is 7.11. The minimum atomic E-state index is -3.55. The van der Waals surface area contributed by atoms with Gasteiger partial charge >= 0.3 is 5.92 Å². The van der Waals surface area contributed by atoms with E-state index in [1.165, 1.54) is 0 Å². The minimum absolute atomic E-state index is 0.0853. The summed E-state index contributed by atoms with van der Waals surface area (Å²) in [5, 5.41) is 20.3. The lowest BCUT2D eigenvalue weighted by Crippen LogP contribution is -2.42. The number of alkyl halides is 1. The van der Waals surface area contributed by atoms with Crippen LogP contribution in [0.1, 0.15) is 6.42 Å². The van der Waals surface area contributed by atoms with Crippen molar-refractivity contribution >= 4 is 19.5 Å². The summed E-state index contributed by atoms with van der Waals surface area (Å²) in [6.07, 6.45) is -0.720. The Hall–Kier alpha value is -0.876. The smallest absolute Gasteiger partial charge is 0.466 e. The summed E-state index contributed by atoms with van der Waals surface area (Å²) in [6, 6.07) is 0.0853. The van der Waals surface area contributed by atoms with Crippen LogP contribution < -0.4 is 0 Å². The van der Waals surface area contributed by atoms with E-state index in [1.807, 2.05) is 0 Å². The summed E-state index contributed by atoms with van der Waals surface area (Å²) in [7, 11) is -1.18. The Morgan fingerprint density at radius 1 is 1.50 bits per heavy atom. The van der Waals surface area contributed by atoms with Gasteiger partial charge in [0.15, 0.2) is 9.04 Å². The van der Waals surface area contributed by atoms with Gasteiger partial charge in [-0.3, -0.25) is 20.2 Å². The predicted molar refractivity (Wildman–Crippen MR) is 51.3 cm³/mol. The molecular weight excluding hydrogens is 231 g/mol. The van der Waals surface area contributed by atoms with Crippen LogP contribution in [-0.4, -0.2) is 35.3 Å². The molecule has 0 aliphatic heterocycles. The van der Waals surface area contributed by atoms with Gasteiger partial charge in [-0.25, -0.2) is 0 Å². The zero-order chi connectivity index (χ0) is 11.4. The molecule has 0 saturated carbocycles. The first-order valence-electron chi connectivity index (χ1n) is 3.85. The van der Waals surface area contributed by atoms with Crippen LogP contribution in [0.2, 0.25) is 12.6 Å². The van der Waals surface area contributed by atoms with Crippen molar-refractivity contribution in [2.75, 3.05) is 0 Å². The molecule has 0 amide bonds. The Labute approximate surface area is 83.8 Å². The van der Waals surface area contributed by atoms with Gasteiger partial charge in [0.2, 0.25) is 0 Å². The van der Waals surface area contributed by atoms with Gasteiger partial charge in [-0.05, 0) is 12.6 Å². The van der Waals surface area contributed by atoms with Gasteiger partial charge in [-0.1, -0.05) is 4.39 Å². The van der Waals surface area contributed by atoms with Crippen molar-refractivity contribution in [1.82, 2.24) is 0 Å². The Kier molecular flexibility index (Phi) is 4.80. The van der Waals surface area contributed by atoms with Gasteiger partial charge in [0.05, 0.1) is 0 Å². The van der Waals surface area contributed by atoms with E-state index in [-0.39, 0.29) is 6.04 Å². The van der Waals surface area contributed by atoms with Crippen molar-refractivity contribution in [2.24, 2.45) is 0 Å². The van der Waals surface area contributed by atoms with E-state index in [0.717, 1.165) is 0 Å². The highest BCUT2D eigenvalue weighted by Crippen LogP contribution is 2.21. The van der Waals surface area contributed by atoms with Crippen molar-refractivity contribution < 1.29 is 18.4 Å². The van der Waals surface area contributed by atoms with Crippen LogP contribution in [0.5, 0.6) is 0 Å². The number of rotatable bonds is 6. The third-order valence-corrected chi connectivity index (χ3v) is 6.15. The molecule has 0 aromatic rings. The third kappa shape index (κ3) is 3.12. The molecule has 7 nitrogen and oxygen atoms in total. The molecule has 0 heterocycles. The first kappa shape index (κ1) is 13.1. The normalized spacial score (nSPS) is 13.9. The lowest BCUT2D eigenvalue weighted by molar-refractivity contribution is -0.831. The van der Waals surface area contributed by atoms with Crippen LogP contribution in [-0.2, 0) is 4.12 Å². The molecule has 0 aromatic carbocycles. The van der Waals surface area contributed by atoms with Crippen molar-refractivity contribution in [3.63, 3.8) is 0 Å². The highest BCUT2D eigenvalue weighted by atomic mass is 28.3. The maximum atomic E-state index is 13.1. The van der Waals surface area contributed by atoms with Crippen LogP contribution in [0.25, 0.3) is 0 Å². The first-order chi connectivity index (χ1) is 6.34. The monoisotopic (exact) mass is 242 g/mol. The van der Waals surface area contributed by atoms with Gasteiger partial charge in [0, 0.05) is 0 Å². The largest absolute Gasteiger partial charge is 0.613 e. The number of hydrogen-bond donors (Lipinski definition) is 0. The maximum Gasteiger partial charge on any atom is 0.613 e. The summed E-state index contributed by atoms with van der Waals surface area (Å²) < 4.78 is 18.1. The zero-order valence-electron chi connectivity index (χ0n) is 7.81. The molecule has 0 N–H and O–H groups in total. The second kappa shape index (κ2) is 5.12. The predicted octanol–water partition coefficient (Wildman–Crippen LogP) is -0.796. The number of nitrogens with zero attached hydrogens (tertiary/aromatic N) is 2. The molecule has 0 bridgehead atoms. The molecule has 0 rings (SSSR count). The second-order valence-electron chi connectivity index (χ2n) is 2.82. The highest BCUT2D eigenvalue weighted by molar-refractivity contribution is 6.54. The summed E-state index contributed by atoms with van der Waals surface area (Å²) in [4.78, 5) is 17.3. The molecule has 0 spiro atoms. The van der Waals surface area contributed by atoms with E-state index in [9.17, 15) is 24.6 Å². The van der Waals surface area contributed by atoms with Gasteiger partial charge in [-0.15, -0.1) is 0 Å². The number of halogens is 1. The maximum absolute atomic E-state index is 13.1. The third-order valence-electron chi connectivity index (χ3n) is 1.83. The fourth-order valence-corrected chi connectivity index (χ4v) is 2.47. The fourth-order valence-electron chi connectivity index (χ4n) is 0.754. The summed E-state index contributed by atoms with van der Waals surface area (Å²) in [5.74, 6) is -3.55. The highest BCUT2D eigenvalue weighted by Gasteiger charge is 2.57. The minimum Gasteiger partial charge on any atom is -0.466 e. The van der Waals surface area contributed by atoms with Gasteiger partial charge in [-0.2, -0.15) is 0 Å². The van der Waals surface area contributed by atoms with E-state index in [1.54, 1.807) is 6.55 Å². The van der Waals surface area contributed by atoms with Crippen LogP contribution in [0.4, 0.5) is 4.39 Å². The Morgan fingerprint density at radius 2 is 1.93 bits per heavy atom. The molecule has 0 aliphatic rings. The molecule has 1 unspecified atom stereocenters. The summed E-state index contributed by atoms with van der Waals surface area (Å²) >= 11 is 0. The molecule has 14 heavy (non-hydrogen) atoms. The van der Waals surface area contributed by atoms with Crippen molar-refractivity contribution in [1.29, 1.82) is 0 Å². The topological polar surface area (TPSA) is 95.5 Å². The van der Waals surface area contributed by atoms with E-state index in [2.05, 4.69) is 0 Å². The van der Waals surface area contributed by atoms with Gasteiger partial charge < -0.3 is 4.12 Å². The fraction of sp³-hybridized carbons (Fsp3) is 1.00. The van der Waals surface area contributed by atoms with E-state index < -0.39 is 31.2 Å². The van der Waals surface area contributed by atoms with Crippen molar-refractivity contribution in [2.45, 2.75) is 24.9 Å². The van der Waals surface area contributed by atoms with E-state index >= 15 is 0 Å². The van der Waals surface area contributed by atoms with E-state index in [4.69, 9.17) is 4.12 Å². The lowest BCUT2D eigenvalue weighted by Gasteiger charge is -2.10. The molecular formula is C4H11FN2O5Si2. The summed E-state index contributed by atoms with van der Waals surface area (Å²) in [5.41, 5.74) is 0.